The third-order valence-electron chi connectivity index (χ3n) is 4.95. The van der Waals surface area contributed by atoms with Gasteiger partial charge >= 0.3 is 0 Å². The van der Waals surface area contributed by atoms with Gasteiger partial charge in [0.05, 0.1) is 0 Å². The zero-order valence-electron chi connectivity index (χ0n) is 14.9. The highest BCUT2D eigenvalue weighted by Crippen LogP contribution is 2.20. The summed E-state index contributed by atoms with van der Waals surface area (Å²) in [5.74, 6) is 0.611. The van der Waals surface area contributed by atoms with E-state index in [0.717, 1.165) is 36.7 Å². The molecule has 1 unspecified atom stereocenters. The number of likely N-dealkylation sites (tertiary alicyclic amines) is 1. The lowest BCUT2D eigenvalue weighted by molar-refractivity contribution is 0.168. The van der Waals surface area contributed by atoms with Crippen molar-refractivity contribution in [2.75, 3.05) is 18.4 Å². The van der Waals surface area contributed by atoms with Crippen LogP contribution >= 0.6 is 12.2 Å². The van der Waals surface area contributed by atoms with Gasteiger partial charge in [0.15, 0.2) is 5.11 Å². The van der Waals surface area contributed by atoms with Gasteiger partial charge in [-0.1, -0.05) is 26.0 Å². The van der Waals surface area contributed by atoms with Crippen LogP contribution in [0.1, 0.15) is 58.4 Å². The Morgan fingerprint density at radius 2 is 1.78 bits per heavy atom. The lowest BCUT2D eigenvalue weighted by Crippen LogP contribution is -2.47. The molecule has 0 saturated carbocycles. The SMILES string of the molecule is CCC(C)c1ccc(NC(=S)NC2CCN(C(C)C)CC2)cc1. The van der Waals surface area contributed by atoms with Crippen molar-refractivity contribution < 1.29 is 0 Å². The number of hydrogen-bond donors (Lipinski definition) is 2. The van der Waals surface area contributed by atoms with Crippen LogP contribution in [0, 0.1) is 0 Å². The molecule has 0 radical (unpaired) electrons. The van der Waals surface area contributed by atoms with Crippen LogP contribution in [0.25, 0.3) is 0 Å². The second-order valence-corrected chi connectivity index (χ2v) is 7.34. The molecule has 1 aliphatic heterocycles. The molecule has 128 valence electrons. The fourth-order valence-electron chi connectivity index (χ4n) is 3.04. The predicted octanol–water partition coefficient (Wildman–Crippen LogP) is 4.36. The molecule has 2 N–H and O–H groups in total. The molecule has 1 fully saturated rings. The first kappa shape index (κ1) is 18.2. The Balaban J connectivity index is 1.79. The molecular formula is C19H31N3S. The Bertz CT molecular complexity index is 490. The van der Waals surface area contributed by atoms with E-state index in [9.17, 15) is 0 Å². The molecule has 1 aromatic rings. The average molecular weight is 334 g/mol. The molecule has 0 amide bonds. The van der Waals surface area contributed by atoms with Crippen LogP contribution in [0.2, 0.25) is 0 Å². The fraction of sp³-hybridized carbons (Fsp3) is 0.632. The van der Waals surface area contributed by atoms with Gasteiger partial charge in [0.1, 0.15) is 0 Å². The highest BCUT2D eigenvalue weighted by atomic mass is 32.1. The van der Waals surface area contributed by atoms with Gasteiger partial charge < -0.3 is 15.5 Å². The maximum absolute atomic E-state index is 5.47. The van der Waals surface area contributed by atoms with E-state index in [1.165, 1.54) is 12.0 Å². The number of nitrogens with one attached hydrogen (secondary N) is 2. The van der Waals surface area contributed by atoms with Crippen molar-refractivity contribution >= 4 is 23.0 Å². The lowest BCUT2D eigenvalue weighted by atomic mass is 9.99. The third kappa shape index (κ3) is 5.47. The lowest BCUT2D eigenvalue weighted by Gasteiger charge is -2.35. The molecule has 2 rings (SSSR count). The van der Waals surface area contributed by atoms with E-state index >= 15 is 0 Å². The number of rotatable bonds is 5. The third-order valence-corrected chi connectivity index (χ3v) is 5.16. The quantitative estimate of drug-likeness (QED) is 0.783. The summed E-state index contributed by atoms with van der Waals surface area (Å²) >= 11 is 5.47. The molecular weight excluding hydrogens is 302 g/mol. The molecule has 1 aliphatic rings. The Morgan fingerprint density at radius 3 is 2.30 bits per heavy atom. The van der Waals surface area contributed by atoms with E-state index in [2.05, 4.69) is 67.5 Å². The fourth-order valence-corrected chi connectivity index (χ4v) is 3.33. The van der Waals surface area contributed by atoms with Crippen molar-refractivity contribution in [2.24, 2.45) is 0 Å². The van der Waals surface area contributed by atoms with E-state index in [1.807, 2.05) is 0 Å². The number of nitrogens with zero attached hydrogens (tertiary/aromatic N) is 1. The van der Waals surface area contributed by atoms with Crippen LogP contribution in [0.5, 0.6) is 0 Å². The van der Waals surface area contributed by atoms with Crippen molar-refractivity contribution in [1.82, 2.24) is 10.2 Å². The van der Waals surface area contributed by atoms with E-state index in [-0.39, 0.29) is 0 Å². The van der Waals surface area contributed by atoms with Crippen molar-refractivity contribution in [3.05, 3.63) is 29.8 Å². The number of thiocarbonyl (C=S) groups is 1. The van der Waals surface area contributed by atoms with Crippen LogP contribution in [-0.4, -0.2) is 35.2 Å². The Labute approximate surface area is 146 Å². The zero-order valence-corrected chi connectivity index (χ0v) is 15.7. The van der Waals surface area contributed by atoms with Gasteiger partial charge in [0.2, 0.25) is 0 Å². The van der Waals surface area contributed by atoms with Gasteiger partial charge in [0, 0.05) is 30.9 Å². The smallest absolute Gasteiger partial charge is 0.170 e. The number of hydrogen-bond acceptors (Lipinski definition) is 2. The maximum atomic E-state index is 5.47. The minimum absolute atomic E-state index is 0.490. The van der Waals surface area contributed by atoms with Gasteiger partial charge in [-0.2, -0.15) is 0 Å². The Kier molecular flexibility index (Phi) is 6.85. The van der Waals surface area contributed by atoms with Crippen molar-refractivity contribution in [2.45, 2.75) is 65.0 Å². The van der Waals surface area contributed by atoms with Gasteiger partial charge in [-0.25, -0.2) is 0 Å². The average Bonchev–Trinajstić information content (AvgIpc) is 2.55. The molecule has 23 heavy (non-hydrogen) atoms. The first-order valence-corrected chi connectivity index (χ1v) is 9.32. The summed E-state index contributed by atoms with van der Waals surface area (Å²) < 4.78 is 0. The van der Waals surface area contributed by atoms with Crippen LogP contribution in [0.3, 0.4) is 0 Å². The zero-order chi connectivity index (χ0) is 16.8. The van der Waals surface area contributed by atoms with E-state index in [0.29, 0.717) is 18.0 Å². The molecule has 0 bridgehead atoms. The van der Waals surface area contributed by atoms with E-state index in [1.54, 1.807) is 0 Å². The van der Waals surface area contributed by atoms with Crippen molar-refractivity contribution in [3.63, 3.8) is 0 Å². The van der Waals surface area contributed by atoms with Gasteiger partial charge in [-0.3, -0.25) is 0 Å². The monoisotopic (exact) mass is 333 g/mol. The summed E-state index contributed by atoms with van der Waals surface area (Å²) in [6, 6.07) is 9.77. The van der Waals surface area contributed by atoms with E-state index in [4.69, 9.17) is 12.2 Å². The highest BCUT2D eigenvalue weighted by Gasteiger charge is 2.21. The largest absolute Gasteiger partial charge is 0.360 e. The highest BCUT2D eigenvalue weighted by molar-refractivity contribution is 7.80. The summed E-state index contributed by atoms with van der Waals surface area (Å²) in [4.78, 5) is 2.53. The molecule has 1 aromatic carbocycles. The summed E-state index contributed by atoms with van der Waals surface area (Å²) in [5, 5.41) is 7.52. The second-order valence-electron chi connectivity index (χ2n) is 6.93. The normalized spacial score (nSPS) is 18.0. The minimum atomic E-state index is 0.490. The maximum Gasteiger partial charge on any atom is 0.170 e. The van der Waals surface area contributed by atoms with E-state index < -0.39 is 0 Å². The predicted molar refractivity (Wildman–Crippen MR) is 104 cm³/mol. The summed E-state index contributed by atoms with van der Waals surface area (Å²) in [6.45, 7) is 11.3. The van der Waals surface area contributed by atoms with Crippen molar-refractivity contribution in [3.8, 4) is 0 Å². The molecule has 0 spiro atoms. The first-order valence-electron chi connectivity index (χ1n) is 8.91. The molecule has 4 heteroatoms. The molecule has 1 saturated heterocycles. The minimum Gasteiger partial charge on any atom is -0.360 e. The molecule has 3 nitrogen and oxygen atoms in total. The number of piperidine rings is 1. The number of anilines is 1. The summed E-state index contributed by atoms with van der Waals surface area (Å²) in [6.07, 6.45) is 3.49. The molecule has 0 aliphatic carbocycles. The van der Waals surface area contributed by atoms with Gasteiger partial charge in [0.25, 0.3) is 0 Å². The van der Waals surface area contributed by atoms with Gasteiger partial charge in [-0.15, -0.1) is 0 Å². The Morgan fingerprint density at radius 1 is 1.17 bits per heavy atom. The van der Waals surface area contributed by atoms with Crippen LogP contribution in [-0.2, 0) is 0 Å². The Hall–Kier alpha value is -1.13. The van der Waals surface area contributed by atoms with Crippen molar-refractivity contribution in [1.29, 1.82) is 0 Å². The first-order chi connectivity index (χ1) is 11.0. The summed E-state index contributed by atoms with van der Waals surface area (Å²) in [7, 11) is 0. The summed E-state index contributed by atoms with van der Waals surface area (Å²) in [5.41, 5.74) is 2.45. The molecule has 0 aromatic heterocycles. The second kappa shape index (κ2) is 8.65. The molecule has 1 heterocycles. The van der Waals surface area contributed by atoms with Crippen LogP contribution in [0.15, 0.2) is 24.3 Å². The topological polar surface area (TPSA) is 27.3 Å². The van der Waals surface area contributed by atoms with Gasteiger partial charge in [-0.05, 0) is 68.9 Å². The molecule has 1 atom stereocenters. The standard InChI is InChI=1S/C19H31N3S/c1-5-15(4)16-6-8-17(9-7-16)20-19(23)21-18-10-12-22(13-11-18)14(2)3/h6-9,14-15,18H,5,10-13H2,1-4H3,(H2,20,21,23). The number of benzene rings is 1. The van der Waals surface area contributed by atoms with Crippen LogP contribution < -0.4 is 10.6 Å². The van der Waals surface area contributed by atoms with Crippen LogP contribution in [0.4, 0.5) is 5.69 Å².